The average molecular weight is 285 g/mol. The predicted octanol–water partition coefficient (Wildman–Crippen LogP) is 2.90. The third-order valence-electron chi connectivity index (χ3n) is 4.14. The van der Waals surface area contributed by atoms with Gasteiger partial charge in [0.15, 0.2) is 0 Å². The van der Waals surface area contributed by atoms with Crippen molar-refractivity contribution in [1.82, 2.24) is 4.90 Å². The molecule has 1 atom stereocenters. The number of ether oxygens (including phenoxy) is 1. The maximum atomic E-state index is 11.3. The first-order chi connectivity index (χ1) is 10.2. The molecule has 1 N–H and O–H groups in total. The molecule has 0 saturated carbocycles. The van der Waals surface area contributed by atoms with E-state index in [1.54, 1.807) is 7.11 Å². The van der Waals surface area contributed by atoms with E-state index in [2.05, 4.69) is 12.1 Å². The molecule has 110 valence electrons. The van der Waals surface area contributed by atoms with Gasteiger partial charge in [-0.1, -0.05) is 24.3 Å². The summed E-state index contributed by atoms with van der Waals surface area (Å²) in [5, 5.41) is 11.5. The fourth-order valence-corrected chi connectivity index (χ4v) is 3.12. The zero-order chi connectivity index (χ0) is 14.8. The topological polar surface area (TPSA) is 49.8 Å². The molecule has 1 aliphatic rings. The van der Waals surface area contributed by atoms with Crippen LogP contribution < -0.4 is 4.74 Å². The lowest BCUT2D eigenvalue weighted by molar-refractivity contribution is -0.142. The molecule has 4 heteroatoms. The Bertz CT molecular complexity index is 668. The molecule has 0 bridgehead atoms. The lowest BCUT2D eigenvalue weighted by Crippen LogP contribution is -2.35. The van der Waals surface area contributed by atoms with Crippen molar-refractivity contribution >= 4 is 16.7 Å². The van der Waals surface area contributed by atoms with Crippen LogP contribution in [0.15, 0.2) is 36.4 Å². The Kier molecular flexibility index (Phi) is 3.80. The number of carboxylic acids is 1. The highest BCUT2D eigenvalue weighted by molar-refractivity contribution is 5.89. The average Bonchev–Trinajstić information content (AvgIpc) is 2.94. The van der Waals surface area contributed by atoms with E-state index in [1.165, 1.54) is 0 Å². The van der Waals surface area contributed by atoms with Gasteiger partial charge in [0.25, 0.3) is 0 Å². The van der Waals surface area contributed by atoms with Crippen LogP contribution in [0, 0.1) is 0 Å². The number of nitrogens with zero attached hydrogens (tertiary/aromatic N) is 1. The molecule has 1 fully saturated rings. The third-order valence-corrected chi connectivity index (χ3v) is 4.14. The van der Waals surface area contributed by atoms with Crippen molar-refractivity contribution in [2.45, 2.75) is 25.4 Å². The van der Waals surface area contributed by atoms with E-state index in [1.807, 2.05) is 29.2 Å². The van der Waals surface area contributed by atoms with Crippen LogP contribution in [-0.2, 0) is 11.3 Å². The number of carboxylic acid groups (broad SMARTS) is 1. The zero-order valence-corrected chi connectivity index (χ0v) is 12.1. The number of likely N-dealkylation sites (tertiary alicyclic amines) is 1. The number of hydrogen-bond donors (Lipinski definition) is 1. The Hall–Kier alpha value is -2.07. The summed E-state index contributed by atoms with van der Waals surface area (Å²) in [7, 11) is 1.67. The summed E-state index contributed by atoms with van der Waals surface area (Å²) in [4.78, 5) is 13.3. The van der Waals surface area contributed by atoms with Gasteiger partial charge < -0.3 is 9.84 Å². The van der Waals surface area contributed by atoms with Crippen LogP contribution in [-0.4, -0.2) is 35.7 Å². The van der Waals surface area contributed by atoms with Crippen molar-refractivity contribution < 1.29 is 14.6 Å². The van der Waals surface area contributed by atoms with Crippen LogP contribution in [0.1, 0.15) is 18.4 Å². The summed E-state index contributed by atoms with van der Waals surface area (Å²) < 4.78 is 5.47. The second kappa shape index (κ2) is 5.74. The molecule has 1 saturated heterocycles. The number of hydrogen-bond acceptors (Lipinski definition) is 3. The summed E-state index contributed by atoms with van der Waals surface area (Å²) >= 11 is 0. The molecule has 0 aromatic heterocycles. The Labute approximate surface area is 123 Å². The number of carbonyl (C=O) groups is 1. The van der Waals surface area contributed by atoms with E-state index >= 15 is 0 Å². The minimum atomic E-state index is -0.722. The zero-order valence-electron chi connectivity index (χ0n) is 12.1. The SMILES string of the molecule is COc1cc(CN2CCC[C@H]2C(=O)O)cc2ccccc12. The summed E-state index contributed by atoms with van der Waals surface area (Å²) in [6.07, 6.45) is 1.68. The highest BCUT2D eigenvalue weighted by Gasteiger charge is 2.30. The summed E-state index contributed by atoms with van der Waals surface area (Å²) in [5.74, 6) is 0.120. The van der Waals surface area contributed by atoms with E-state index in [9.17, 15) is 9.90 Å². The van der Waals surface area contributed by atoms with Gasteiger partial charge in [-0.15, -0.1) is 0 Å². The van der Waals surface area contributed by atoms with E-state index < -0.39 is 5.97 Å². The standard InChI is InChI=1S/C17H19NO3/c1-21-16-10-12(9-13-5-2-3-6-14(13)16)11-18-8-4-7-15(18)17(19)20/h2-3,5-6,9-10,15H,4,7-8,11H2,1H3,(H,19,20)/t15-/m0/s1. The molecule has 3 rings (SSSR count). The summed E-state index contributed by atoms with van der Waals surface area (Å²) in [5.41, 5.74) is 1.10. The molecule has 0 radical (unpaired) electrons. The maximum Gasteiger partial charge on any atom is 0.320 e. The van der Waals surface area contributed by atoms with Crippen molar-refractivity contribution in [2.24, 2.45) is 0 Å². The highest BCUT2D eigenvalue weighted by atomic mass is 16.5. The van der Waals surface area contributed by atoms with Crippen LogP contribution in [0.4, 0.5) is 0 Å². The molecule has 0 unspecified atom stereocenters. The lowest BCUT2D eigenvalue weighted by Gasteiger charge is -2.21. The van der Waals surface area contributed by atoms with Gasteiger partial charge in [-0.25, -0.2) is 0 Å². The maximum absolute atomic E-state index is 11.3. The largest absolute Gasteiger partial charge is 0.496 e. The first-order valence-electron chi connectivity index (χ1n) is 7.21. The number of aliphatic carboxylic acids is 1. The highest BCUT2D eigenvalue weighted by Crippen LogP contribution is 2.29. The van der Waals surface area contributed by atoms with Crippen molar-refractivity contribution in [3.8, 4) is 5.75 Å². The van der Waals surface area contributed by atoms with Gasteiger partial charge >= 0.3 is 5.97 Å². The first-order valence-corrected chi connectivity index (χ1v) is 7.21. The lowest BCUT2D eigenvalue weighted by atomic mass is 10.1. The van der Waals surface area contributed by atoms with Crippen LogP contribution >= 0.6 is 0 Å². The number of fused-ring (bicyclic) bond motifs is 1. The molecule has 2 aromatic rings. The molecular weight excluding hydrogens is 266 g/mol. The second-order valence-electron chi connectivity index (χ2n) is 5.49. The van der Waals surface area contributed by atoms with Gasteiger partial charge in [0.2, 0.25) is 0 Å². The predicted molar refractivity (Wildman–Crippen MR) is 81.6 cm³/mol. The third kappa shape index (κ3) is 2.72. The molecular formula is C17H19NO3. The molecule has 0 spiro atoms. The first kappa shape index (κ1) is 13.9. The van der Waals surface area contributed by atoms with Crippen LogP contribution in [0.5, 0.6) is 5.75 Å². The molecule has 21 heavy (non-hydrogen) atoms. The van der Waals surface area contributed by atoms with Gasteiger partial charge in [0.1, 0.15) is 11.8 Å². The molecule has 0 amide bonds. The molecule has 0 aliphatic carbocycles. The van der Waals surface area contributed by atoms with E-state index in [0.29, 0.717) is 6.54 Å². The van der Waals surface area contributed by atoms with Gasteiger partial charge in [-0.05, 0) is 42.5 Å². The van der Waals surface area contributed by atoms with Gasteiger partial charge in [0, 0.05) is 11.9 Å². The molecule has 4 nitrogen and oxygen atoms in total. The number of methoxy groups -OCH3 is 1. The summed E-state index contributed by atoms with van der Waals surface area (Å²) in [6, 6.07) is 11.9. The fourth-order valence-electron chi connectivity index (χ4n) is 3.12. The number of benzene rings is 2. The Morgan fingerprint density at radius 2 is 2.19 bits per heavy atom. The fraction of sp³-hybridized carbons (Fsp3) is 0.353. The molecule has 1 aliphatic heterocycles. The van der Waals surface area contributed by atoms with E-state index in [-0.39, 0.29) is 6.04 Å². The van der Waals surface area contributed by atoms with E-state index in [4.69, 9.17) is 4.74 Å². The van der Waals surface area contributed by atoms with Crippen molar-refractivity contribution in [1.29, 1.82) is 0 Å². The minimum absolute atomic E-state index is 0.359. The summed E-state index contributed by atoms with van der Waals surface area (Å²) in [6.45, 7) is 1.49. The Morgan fingerprint density at radius 3 is 2.95 bits per heavy atom. The van der Waals surface area contributed by atoms with Gasteiger partial charge in [0.05, 0.1) is 7.11 Å². The van der Waals surface area contributed by atoms with Crippen molar-refractivity contribution in [3.63, 3.8) is 0 Å². The minimum Gasteiger partial charge on any atom is -0.496 e. The second-order valence-corrected chi connectivity index (χ2v) is 5.49. The van der Waals surface area contributed by atoms with Crippen LogP contribution in [0.25, 0.3) is 10.8 Å². The van der Waals surface area contributed by atoms with Gasteiger partial charge in [-0.3, -0.25) is 9.69 Å². The van der Waals surface area contributed by atoms with Crippen molar-refractivity contribution in [3.05, 3.63) is 42.0 Å². The van der Waals surface area contributed by atoms with Crippen molar-refractivity contribution in [2.75, 3.05) is 13.7 Å². The van der Waals surface area contributed by atoms with Crippen LogP contribution in [0.3, 0.4) is 0 Å². The monoisotopic (exact) mass is 285 g/mol. The number of rotatable bonds is 4. The van der Waals surface area contributed by atoms with Gasteiger partial charge in [-0.2, -0.15) is 0 Å². The molecule has 2 aromatic carbocycles. The molecule has 1 heterocycles. The Morgan fingerprint density at radius 1 is 1.38 bits per heavy atom. The van der Waals surface area contributed by atoms with E-state index in [0.717, 1.165) is 41.5 Å². The normalized spacial score (nSPS) is 19.0. The Balaban J connectivity index is 1.92. The van der Waals surface area contributed by atoms with Crippen LogP contribution in [0.2, 0.25) is 0 Å². The quantitative estimate of drug-likeness (QED) is 0.938. The smallest absolute Gasteiger partial charge is 0.320 e.